The molecule has 1 amide bonds. The summed E-state index contributed by atoms with van der Waals surface area (Å²) in [5, 5.41) is 3.17. The highest BCUT2D eigenvalue weighted by molar-refractivity contribution is 5.81. The fourth-order valence-corrected chi connectivity index (χ4v) is 3.04. The number of ether oxygens (including phenoxy) is 3. The highest BCUT2D eigenvalue weighted by Crippen LogP contribution is 2.28. The van der Waals surface area contributed by atoms with Gasteiger partial charge in [0.05, 0.1) is 20.3 Å². The Morgan fingerprint density at radius 3 is 2.14 bits per heavy atom. The predicted octanol–water partition coefficient (Wildman–Crippen LogP) is 4.76. The van der Waals surface area contributed by atoms with Crippen LogP contribution in [-0.2, 0) is 4.79 Å². The Morgan fingerprint density at radius 1 is 0.964 bits per heavy atom. The van der Waals surface area contributed by atoms with Crippen molar-refractivity contribution in [1.29, 1.82) is 0 Å². The third-order valence-corrected chi connectivity index (χ3v) is 4.54. The van der Waals surface area contributed by atoms with Gasteiger partial charge in [-0.1, -0.05) is 45.0 Å². The van der Waals surface area contributed by atoms with Crippen LogP contribution in [0.15, 0.2) is 48.5 Å². The highest BCUT2D eigenvalue weighted by atomic mass is 16.5. The lowest BCUT2D eigenvalue weighted by Crippen LogP contribution is -2.40. The van der Waals surface area contributed by atoms with Crippen LogP contribution in [0.3, 0.4) is 0 Å². The van der Waals surface area contributed by atoms with Gasteiger partial charge in [-0.25, -0.2) is 0 Å². The van der Waals surface area contributed by atoms with E-state index in [0.29, 0.717) is 23.8 Å². The number of hydrogen-bond acceptors (Lipinski definition) is 4. The molecule has 0 aliphatic rings. The molecule has 2 rings (SSSR count). The lowest BCUT2D eigenvalue weighted by Gasteiger charge is -2.25. The molecule has 0 radical (unpaired) electrons. The molecule has 5 nitrogen and oxygen atoms in total. The summed E-state index contributed by atoms with van der Waals surface area (Å²) in [6.45, 7) is 6.22. The maximum atomic E-state index is 13.0. The Kier molecular flexibility index (Phi) is 8.18. The zero-order chi connectivity index (χ0) is 20.5. The van der Waals surface area contributed by atoms with Crippen molar-refractivity contribution < 1.29 is 19.0 Å². The number of carbonyl (C=O) groups excluding carboxylic acids is 1. The molecule has 0 aliphatic heterocycles. The number of nitrogens with one attached hydrogen (secondary N) is 1. The second-order valence-corrected chi connectivity index (χ2v) is 7.13. The lowest BCUT2D eigenvalue weighted by molar-refractivity contribution is -0.129. The Bertz CT molecular complexity index is 743. The molecule has 1 N–H and O–H groups in total. The summed E-state index contributed by atoms with van der Waals surface area (Å²) < 4.78 is 16.5. The zero-order valence-corrected chi connectivity index (χ0v) is 17.4. The van der Waals surface area contributed by atoms with Gasteiger partial charge in [0.15, 0.2) is 17.6 Å². The monoisotopic (exact) mass is 385 g/mol. The van der Waals surface area contributed by atoms with Crippen LogP contribution in [-0.4, -0.2) is 26.2 Å². The summed E-state index contributed by atoms with van der Waals surface area (Å²) in [5.74, 6) is 2.28. The molecule has 0 aliphatic carbocycles. The van der Waals surface area contributed by atoms with Crippen molar-refractivity contribution in [3.63, 3.8) is 0 Å². The normalized spacial score (nSPS) is 12.9. The number of amides is 1. The first-order chi connectivity index (χ1) is 13.5. The van der Waals surface area contributed by atoms with Crippen molar-refractivity contribution in [2.75, 3.05) is 14.2 Å². The SMILES string of the molecule is CC[C@@H](Oc1ccccc1OC)C(=O)N[C@@H](CC(C)C)c1ccc(OC)cc1. The Morgan fingerprint density at radius 2 is 1.61 bits per heavy atom. The van der Waals surface area contributed by atoms with E-state index < -0.39 is 6.10 Å². The van der Waals surface area contributed by atoms with Crippen molar-refractivity contribution in [3.8, 4) is 17.2 Å². The van der Waals surface area contributed by atoms with Crippen molar-refractivity contribution in [1.82, 2.24) is 5.32 Å². The van der Waals surface area contributed by atoms with Crippen LogP contribution in [0.1, 0.15) is 45.2 Å². The average molecular weight is 386 g/mol. The van der Waals surface area contributed by atoms with E-state index in [0.717, 1.165) is 17.7 Å². The topological polar surface area (TPSA) is 56.8 Å². The molecule has 152 valence electrons. The van der Waals surface area contributed by atoms with Crippen LogP contribution in [0.4, 0.5) is 0 Å². The minimum Gasteiger partial charge on any atom is -0.497 e. The molecular formula is C23H31NO4. The predicted molar refractivity (Wildman–Crippen MR) is 111 cm³/mol. The Balaban J connectivity index is 2.15. The van der Waals surface area contributed by atoms with Gasteiger partial charge in [0.2, 0.25) is 0 Å². The molecule has 0 bridgehead atoms. The quantitative estimate of drug-likeness (QED) is 0.640. The van der Waals surface area contributed by atoms with Gasteiger partial charge < -0.3 is 19.5 Å². The van der Waals surface area contributed by atoms with Crippen LogP contribution in [0.25, 0.3) is 0 Å². The highest BCUT2D eigenvalue weighted by Gasteiger charge is 2.24. The molecule has 28 heavy (non-hydrogen) atoms. The first-order valence-electron chi connectivity index (χ1n) is 9.72. The maximum Gasteiger partial charge on any atom is 0.261 e. The van der Waals surface area contributed by atoms with Crippen molar-refractivity contribution in [3.05, 3.63) is 54.1 Å². The number of hydrogen-bond donors (Lipinski definition) is 1. The molecule has 0 saturated heterocycles. The largest absolute Gasteiger partial charge is 0.497 e. The molecule has 5 heteroatoms. The first kappa shape index (κ1) is 21.6. The second-order valence-electron chi connectivity index (χ2n) is 7.13. The van der Waals surface area contributed by atoms with Crippen LogP contribution in [0.5, 0.6) is 17.2 Å². The number of para-hydroxylation sites is 2. The van der Waals surface area contributed by atoms with E-state index >= 15 is 0 Å². The summed E-state index contributed by atoms with van der Waals surface area (Å²) in [7, 11) is 3.23. The van der Waals surface area contributed by atoms with Crippen molar-refractivity contribution in [2.45, 2.75) is 45.8 Å². The van der Waals surface area contributed by atoms with Gasteiger partial charge in [-0.15, -0.1) is 0 Å². The minimum absolute atomic E-state index is 0.0891. The smallest absolute Gasteiger partial charge is 0.261 e. The van der Waals surface area contributed by atoms with E-state index in [-0.39, 0.29) is 11.9 Å². The van der Waals surface area contributed by atoms with Gasteiger partial charge >= 0.3 is 0 Å². The van der Waals surface area contributed by atoms with E-state index in [4.69, 9.17) is 14.2 Å². The molecule has 0 unspecified atom stereocenters. The van der Waals surface area contributed by atoms with E-state index in [1.807, 2.05) is 55.5 Å². The molecule has 0 aromatic heterocycles. The lowest BCUT2D eigenvalue weighted by atomic mass is 9.96. The number of methoxy groups -OCH3 is 2. The second kappa shape index (κ2) is 10.6. The van der Waals surface area contributed by atoms with E-state index in [2.05, 4.69) is 19.2 Å². The molecule has 2 aromatic rings. The summed E-state index contributed by atoms with van der Waals surface area (Å²) in [6, 6.07) is 15.1. The standard InChI is InChI=1S/C23H31NO4/c1-6-20(28-22-10-8-7-9-21(22)27-5)23(25)24-19(15-16(2)3)17-11-13-18(26-4)14-12-17/h7-14,16,19-20H,6,15H2,1-5H3,(H,24,25)/t19-,20+/m0/s1. The summed E-state index contributed by atoms with van der Waals surface area (Å²) in [6.07, 6.45) is 0.800. The molecule has 0 heterocycles. The summed E-state index contributed by atoms with van der Waals surface area (Å²) >= 11 is 0. The fraction of sp³-hybridized carbons (Fsp3) is 0.435. The van der Waals surface area contributed by atoms with Crippen LogP contribution < -0.4 is 19.5 Å². The van der Waals surface area contributed by atoms with Crippen LogP contribution >= 0.6 is 0 Å². The zero-order valence-electron chi connectivity index (χ0n) is 17.4. The van der Waals surface area contributed by atoms with Gasteiger partial charge in [0, 0.05) is 0 Å². The Hall–Kier alpha value is -2.69. The van der Waals surface area contributed by atoms with E-state index in [1.165, 1.54) is 0 Å². The molecule has 0 fully saturated rings. The van der Waals surface area contributed by atoms with Crippen molar-refractivity contribution in [2.24, 2.45) is 5.92 Å². The van der Waals surface area contributed by atoms with Gasteiger partial charge in [0.25, 0.3) is 5.91 Å². The summed E-state index contributed by atoms with van der Waals surface area (Å²) in [5.41, 5.74) is 1.05. The fourth-order valence-electron chi connectivity index (χ4n) is 3.04. The third-order valence-electron chi connectivity index (χ3n) is 4.54. The molecule has 0 saturated carbocycles. The van der Waals surface area contributed by atoms with Gasteiger partial charge in [-0.2, -0.15) is 0 Å². The average Bonchev–Trinajstić information content (AvgIpc) is 2.71. The minimum atomic E-state index is -0.593. The number of rotatable bonds is 10. The third kappa shape index (κ3) is 5.91. The van der Waals surface area contributed by atoms with Crippen molar-refractivity contribution >= 4 is 5.91 Å². The first-order valence-corrected chi connectivity index (χ1v) is 9.72. The number of carbonyl (C=O) groups is 1. The van der Waals surface area contributed by atoms with Crippen LogP contribution in [0, 0.1) is 5.92 Å². The maximum absolute atomic E-state index is 13.0. The summed E-state index contributed by atoms with van der Waals surface area (Å²) in [4.78, 5) is 13.0. The number of benzene rings is 2. The van der Waals surface area contributed by atoms with E-state index in [1.54, 1.807) is 14.2 Å². The molecular weight excluding hydrogens is 354 g/mol. The van der Waals surface area contributed by atoms with Gasteiger partial charge in [-0.05, 0) is 48.6 Å². The molecule has 2 atom stereocenters. The van der Waals surface area contributed by atoms with Crippen LogP contribution in [0.2, 0.25) is 0 Å². The van der Waals surface area contributed by atoms with E-state index in [9.17, 15) is 4.79 Å². The molecule has 0 spiro atoms. The van der Waals surface area contributed by atoms with Gasteiger partial charge in [-0.3, -0.25) is 4.79 Å². The van der Waals surface area contributed by atoms with Gasteiger partial charge in [0.1, 0.15) is 5.75 Å². The molecule has 2 aromatic carbocycles. The Labute approximate surface area is 168 Å².